The molecular formula is C22H23Cl3N2O2. The van der Waals surface area contributed by atoms with Crippen molar-refractivity contribution in [2.75, 3.05) is 18.9 Å². The number of carbonyl (C=O) groups excluding carboxylic acids is 2. The van der Waals surface area contributed by atoms with E-state index in [1.807, 2.05) is 7.05 Å². The highest BCUT2D eigenvalue weighted by Gasteiger charge is 2.21. The van der Waals surface area contributed by atoms with Gasteiger partial charge in [-0.15, -0.1) is 0 Å². The van der Waals surface area contributed by atoms with Crippen molar-refractivity contribution in [3.8, 4) is 0 Å². The standard InChI is InChI=1S/C22H23Cl3N2O2/c1-27(13-14-5-3-2-4-6-14)22(29)18-10-8-16(12-20(18)25)26-21(28)17-9-7-15(23)11-19(17)24/h7-12,14H,2-6,13H2,1H3,(H,26,28). The number of halogens is 3. The van der Waals surface area contributed by atoms with Crippen LogP contribution in [0, 0.1) is 5.92 Å². The van der Waals surface area contributed by atoms with Gasteiger partial charge < -0.3 is 10.2 Å². The lowest BCUT2D eigenvalue weighted by molar-refractivity contribution is 0.0760. The quantitative estimate of drug-likeness (QED) is 0.558. The fourth-order valence-electron chi connectivity index (χ4n) is 3.68. The Hall–Kier alpha value is -1.75. The molecule has 0 saturated heterocycles. The van der Waals surface area contributed by atoms with Crippen molar-refractivity contribution < 1.29 is 9.59 Å². The second-order valence-corrected chi connectivity index (χ2v) is 8.71. The minimum absolute atomic E-state index is 0.112. The van der Waals surface area contributed by atoms with Crippen molar-refractivity contribution in [2.24, 2.45) is 5.92 Å². The number of nitrogens with one attached hydrogen (secondary N) is 1. The minimum Gasteiger partial charge on any atom is -0.341 e. The van der Waals surface area contributed by atoms with E-state index in [2.05, 4.69) is 5.32 Å². The molecule has 0 spiro atoms. The van der Waals surface area contributed by atoms with Crippen LogP contribution in [0.15, 0.2) is 36.4 Å². The number of nitrogens with zero attached hydrogens (tertiary/aromatic N) is 1. The summed E-state index contributed by atoms with van der Waals surface area (Å²) >= 11 is 18.3. The first-order valence-corrected chi connectivity index (χ1v) is 10.8. The van der Waals surface area contributed by atoms with Crippen molar-refractivity contribution in [1.82, 2.24) is 4.90 Å². The van der Waals surface area contributed by atoms with E-state index in [1.165, 1.54) is 38.2 Å². The molecule has 1 aliphatic rings. The molecule has 0 bridgehead atoms. The van der Waals surface area contributed by atoms with Crippen LogP contribution in [0.5, 0.6) is 0 Å². The van der Waals surface area contributed by atoms with Crippen molar-refractivity contribution in [2.45, 2.75) is 32.1 Å². The van der Waals surface area contributed by atoms with Gasteiger partial charge in [0.25, 0.3) is 11.8 Å². The number of hydrogen-bond acceptors (Lipinski definition) is 2. The van der Waals surface area contributed by atoms with Gasteiger partial charge in [-0.3, -0.25) is 9.59 Å². The SMILES string of the molecule is CN(CC1CCCCC1)C(=O)c1ccc(NC(=O)c2ccc(Cl)cc2Cl)cc1Cl. The van der Waals surface area contributed by atoms with Gasteiger partial charge in [0.05, 0.1) is 21.2 Å². The van der Waals surface area contributed by atoms with E-state index in [4.69, 9.17) is 34.8 Å². The number of rotatable bonds is 5. The lowest BCUT2D eigenvalue weighted by Gasteiger charge is -2.27. The summed E-state index contributed by atoms with van der Waals surface area (Å²) in [5.74, 6) is 0.0644. The van der Waals surface area contributed by atoms with Crippen LogP contribution in [0.1, 0.15) is 52.8 Å². The first kappa shape index (κ1) is 21.9. The molecule has 2 aromatic carbocycles. The van der Waals surface area contributed by atoms with E-state index in [1.54, 1.807) is 35.2 Å². The highest BCUT2D eigenvalue weighted by atomic mass is 35.5. The molecule has 0 radical (unpaired) electrons. The molecule has 0 atom stereocenters. The average Bonchev–Trinajstić information content (AvgIpc) is 2.68. The largest absolute Gasteiger partial charge is 0.341 e. The molecule has 29 heavy (non-hydrogen) atoms. The summed E-state index contributed by atoms with van der Waals surface area (Å²) in [7, 11) is 1.81. The summed E-state index contributed by atoms with van der Waals surface area (Å²) in [5.41, 5.74) is 1.21. The Bertz CT molecular complexity index is 911. The first-order valence-electron chi connectivity index (χ1n) is 9.66. The van der Waals surface area contributed by atoms with Crippen LogP contribution < -0.4 is 5.32 Å². The maximum atomic E-state index is 12.8. The second-order valence-electron chi connectivity index (χ2n) is 7.46. The van der Waals surface area contributed by atoms with Crippen molar-refractivity contribution in [1.29, 1.82) is 0 Å². The number of benzene rings is 2. The summed E-state index contributed by atoms with van der Waals surface area (Å²) in [6.07, 6.45) is 6.10. The topological polar surface area (TPSA) is 49.4 Å². The summed E-state index contributed by atoms with van der Waals surface area (Å²) < 4.78 is 0. The Morgan fingerprint density at radius 2 is 1.62 bits per heavy atom. The number of hydrogen-bond donors (Lipinski definition) is 1. The molecule has 1 aliphatic carbocycles. The smallest absolute Gasteiger partial charge is 0.257 e. The van der Waals surface area contributed by atoms with Crippen LogP contribution in [-0.4, -0.2) is 30.3 Å². The lowest BCUT2D eigenvalue weighted by Crippen LogP contribution is -2.32. The lowest BCUT2D eigenvalue weighted by atomic mass is 9.89. The van der Waals surface area contributed by atoms with E-state index < -0.39 is 0 Å². The Balaban J connectivity index is 1.67. The third kappa shape index (κ3) is 5.65. The molecule has 0 unspecified atom stereocenters. The molecule has 0 heterocycles. The molecule has 2 aromatic rings. The molecule has 3 rings (SSSR count). The minimum atomic E-state index is -0.378. The molecule has 0 aromatic heterocycles. The van der Waals surface area contributed by atoms with Gasteiger partial charge in [-0.1, -0.05) is 54.1 Å². The Kier molecular flexibility index (Phi) is 7.44. The fourth-order valence-corrected chi connectivity index (χ4v) is 4.44. The van der Waals surface area contributed by atoms with Crippen molar-refractivity contribution in [3.63, 3.8) is 0 Å². The molecule has 4 nitrogen and oxygen atoms in total. The van der Waals surface area contributed by atoms with E-state index in [0.717, 1.165) is 6.54 Å². The second kappa shape index (κ2) is 9.84. The Morgan fingerprint density at radius 1 is 0.966 bits per heavy atom. The third-order valence-corrected chi connectivity index (χ3v) is 6.10. The van der Waals surface area contributed by atoms with Crippen LogP contribution in [0.25, 0.3) is 0 Å². The van der Waals surface area contributed by atoms with Gasteiger partial charge in [0.15, 0.2) is 0 Å². The highest BCUT2D eigenvalue weighted by Crippen LogP contribution is 2.27. The van der Waals surface area contributed by atoms with E-state index in [9.17, 15) is 9.59 Å². The van der Waals surface area contributed by atoms with E-state index in [-0.39, 0.29) is 16.8 Å². The van der Waals surface area contributed by atoms with E-state index in [0.29, 0.717) is 32.8 Å². The molecule has 0 aliphatic heterocycles. The maximum absolute atomic E-state index is 12.8. The molecule has 1 N–H and O–H groups in total. The van der Waals surface area contributed by atoms with Crippen molar-refractivity contribution >= 4 is 52.3 Å². The van der Waals surface area contributed by atoms with Gasteiger partial charge >= 0.3 is 0 Å². The van der Waals surface area contributed by atoms with Crippen LogP contribution in [-0.2, 0) is 0 Å². The predicted molar refractivity (Wildman–Crippen MR) is 119 cm³/mol. The molecule has 7 heteroatoms. The Labute approximate surface area is 186 Å². The zero-order valence-corrected chi connectivity index (χ0v) is 18.4. The zero-order valence-electron chi connectivity index (χ0n) is 16.2. The molecular weight excluding hydrogens is 431 g/mol. The first-order chi connectivity index (χ1) is 13.8. The van der Waals surface area contributed by atoms with Gasteiger partial charge in [-0.05, 0) is 55.2 Å². The summed E-state index contributed by atoms with van der Waals surface area (Å²) in [4.78, 5) is 27.0. The predicted octanol–water partition coefficient (Wildman–Crippen LogP) is 6.55. The van der Waals surface area contributed by atoms with Crippen molar-refractivity contribution in [3.05, 3.63) is 62.6 Å². The summed E-state index contributed by atoms with van der Waals surface area (Å²) in [6.45, 7) is 0.739. The van der Waals surface area contributed by atoms with Gasteiger partial charge in [0.1, 0.15) is 0 Å². The van der Waals surface area contributed by atoms with E-state index >= 15 is 0 Å². The third-order valence-electron chi connectivity index (χ3n) is 5.24. The number of carbonyl (C=O) groups is 2. The van der Waals surface area contributed by atoms with Crippen LogP contribution in [0.3, 0.4) is 0 Å². The number of anilines is 1. The molecule has 1 fully saturated rings. The van der Waals surface area contributed by atoms with Crippen LogP contribution in [0.2, 0.25) is 15.1 Å². The number of amides is 2. The molecule has 154 valence electrons. The summed E-state index contributed by atoms with van der Waals surface area (Å²) in [5, 5.41) is 3.76. The van der Waals surface area contributed by atoms with Gasteiger partial charge in [0, 0.05) is 24.3 Å². The van der Waals surface area contributed by atoms with Gasteiger partial charge in [-0.25, -0.2) is 0 Å². The monoisotopic (exact) mass is 452 g/mol. The van der Waals surface area contributed by atoms with Crippen LogP contribution >= 0.6 is 34.8 Å². The molecule has 1 saturated carbocycles. The van der Waals surface area contributed by atoms with Gasteiger partial charge in [-0.2, -0.15) is 0 Å². The van der Waals surface area contributed by atoms with Crippen LogP contribution in [0.4, 0.5) is 5.69 Å². The molecule has 2 amide bonds. The average molecular weight is 454 g/mol. The van der Waals surface area contributed by atoms with Gasteiger partial charge in [0.2, 0.25) is 0 Å². The normalized spacial score (nSPS) is 14.5. The fraction of sp³-hybridized carbons (Fsp3) is 0.364. The highest BCUT2D eigenvalue weighted by molar-refractivity contribution is 6.37. The maximum Gasteiger partial charge on any atom is 0.257 e. The zero-order chi connectivity index (χ0) is 21.0. The summed E-state index contributed by atoms with van der Waals surface area (Å²) in [6, 6.07) is 9.54. The Morgan fingerprint density at radius 3 is 2.28 bits per heavy atom.